The number of nitrogens with zero attached hydrogens (tertiary/aromatic N) is 3. The normalized spacial score (nSPS) is 12.6. The van der Waals surface area contributed by atoms with E-state index in [1.165, 1.54) is 0 Å². The highest BCUT2D eigenvalue weighted by molar-refractivity contribution is 5.55. The van der Waals surface area contributed by atoms with Crippen molar-refractivity contribution < 1.29 is 4.74 Å². The van der Waals surface area contributed by atoms with Crippen molar-refractivity contribution in [2.24, 2.45) is 0 Å². The average molecular weight is 216 g/mol. The van der Waals surface area contributed by atoms with E-state index < -0.39 is 0 Å². The number of anilines is 1. The van der Waals surface area contributed by atoms with Gasteiger partial charge in [0, 0.05) is 13.3 Å². The van der Waals surface area contributed by atoms with Crippen molar-refractivity contribution in [1.29, 1.82) is 5.26 Å². The van der Waals surface area contributed by atoms with E-state index in [2.05, 4.69) is 11.1 Å². The largest absolute Gasteiger partial charge is 0.382 e. The lowest BCUT2D eigenvalue weighted by molar-refractivity contribution is 0.116. The topological polar surface area (TPSA) is 76.3 Å². The van der Waals surface area contributed by atoms with Crippen LogP contribution in [0.2, 0.25) is 0 Å². The van der Waals surface area contributed by atoms with Gasteiger partial charge in [-0.15, -0.1) is 0 Å². The van der Waals surface area contributed by atoms with Crippen molar-refractivity contribution in [1.82, 2.24) is 9.38 Å². The van der Waals surface area contributed by atoms with Crippen LogP contribution in [0.5, 0.6) is 0 Å². The van der Waals surface area contributed by atoms with Crippen molar-refractivity contribution in [3.8, 4) is 6.07 Å². The molecular formula is C11H12N4O. The van der Waals surface area contributed by atoms with Crippen molar-refractivity contribution >= 4 is 11.5 Å². The first-order chi connectivity index (χ1) is 7.67. The molecule has 2 aromatic heterocycles. The molecule has 0 radical (unpaired) electrons. The summed E-state index contributed by atoms with van der Waals surface area (Å²) in [5.74, 6) is 0.435. The van der Waals surface area contributed by atoms with Gasteiger partial charge in [-0.1, -0.05) is 0 Å². The SMILES string of the molecule is COC(C)c1c(N)nc2cc(C#N)ccn12. The minimum Gasteiger partial charge on any atom is -0.382 e. The molecule has 0 aromatic carbocycles. The van der Waals surface area contributed by atoms with E-state index in [1.807, 2.05) is 11.3 Å². The Balaban J connectivity index is 2.68. The van der Waals surface area contributed by atoms with Crippen LogP contribution in [0.25, 0.3) is 5.65 Å². The van der Waals surface area contributed by atoms with E-state index >= 15 is 0 Å². The van der Waals surface area contributed by atoms with Crippen LogP contribution in [-0.4, -0.2) is 16.5 Å². The fourth-order valence-corrected chi connectivity index (χ4v) is 1.67. The van der Waals surface area contributed by atoms with Crippen LogP contribution in [0.4, 0.5) is 5.82 Å². The van der Waals surface area contributed by atoms with Gasteiger partial charge in [-0.05, 0) is 19.1 Å². The van der Waals surface area contributed by atoms with E-state index in [0.717, 1.165) is 5.69 Å². The first-order valence-corrected chi connectivity index (χ1v) is 4.87. The molecule has 2 rings (SSSR count). The molecule has 0 fully saturated rings. The molecule has 2 N–H and O–H groups in total. The van der Waals surface area contributed by atoms with Crippen LogP contribution in [0.3, 0.4) is 0 Å². The third-order valence-electron chi connectivity index (χ3n) is 2.56. The fourth-order valence-electron chi connectivity index (χ4n) is 1.67. The molecule has 82 valence electrons. The Hall–Kier alpha value is -2.06. The summed E-state index contributed by atoms with van der Waals surface area (Å²) in [7, 11) is 1.62. The Kier molecular flexibility index (Phi) is 2.50. The van der Waals surface area contributed by atoms with E-state index in [0.29, 0.717) is 17.0 Å². The van der Waals surface area contributed by atoms with Gasteiger partial charge in [-0.3, -0.25) is 4.40 Å². The maximum Gasteiger partial charge on any atom is 0.148 e. The third-order valence-corrected chi connectivity index (χ3v) is 2.56. The molecule has 0 aliphatic rings. The van der Waals surface area contributed by atoms with Gasteiger partial charge >= 0.3 is 0 Å². The highest BCUT2D eigenvalue weighted by Crippen LogP contribution is 2.24. The van der Waals surface area contributed by atoms with Gasteiger partial charge in [0.05, 0.1) is 23.4 Å². The molecule has 2 aromatic rings. The fraction of sp³-hybridized carbons (Fsp3) is 0.273. The van der Waals surface area contributed by atoms with Gasteiger partial charge in [0.25, 0.3) is 0 Å². The molecule has 0 saturated heterocycles. The average Bonchev–Trinajstić information content (AvgIpc) is 2.62. The zero-order chi connectivity index (χ0) is 11.7. The van der Waals surface area contributed by atoms with Gasteiger partial charge in [-0.25, -0.2) is 4.98 Å². The number of aromatic nitrogens is 2. The van der Waals surface area contributed by atoms with Crippen molar-refractivity contribution in [2.75, 3.05) is 12.8 Å². The molecule has 0 aliphatic heterocycles. The molecule has 16 heavy (non-hydrogen) atoms. The maximum atomic E-state index is 8.79. The second-order valence-electron chi connectivity index (χ2n) is 3.52. The van der Waals surface area contributed by atoms with Gasteiger partial charge in [0.15, 0.2) is 0 Å². The lowest BCUT2D eigenvalue weighted by Crippen LogP contribution is -2.03. The predicted octanol–water partition coefficient (Wildman–Crippen LogP) is 1.50. The summed E-state index contributed by atoms with van der Waals surface area (Å²) < 4.78 is 7.07. The van der Waals surface area contributed by atoms with E-state index in [-0.39, 0.29) is 6.10 Å². The second-order valence-corrected chi connectivity index (χ2v) is 3.52. The number of nitriles is 1. The zero-order valence-corrected chi connectivity index (χ0v) is 9.14. The highest BCUT2D eigenvalue weighted by atomic mass is 16.5. The standard InChI is InChI=1S/C11H12N4O/c1-7(16-2)10-11(13)14-9-5-8(6-12)3-4-15(9)10/h3-5,7H,13H2,1-2H3. The molecule has 1 atom stereocenters. The minimum atomic E-state index is -0.136. The molecule has 0 bridgehead atoms. The summed E-state index contributed by atoms with van der Waals surface area (Å²) in [5.41, 5.74) is 7.86. The number of ether oxygens (including phenoxy) is 1. The van der Waals surface area contributed by atoms with Crippen LogP contribution in [0, 0.1) is 11.3 Å². The number of rotatable bonds is 2. The molecule has 5 nitrogen and oxygen atoms in total. The summed E-state index contributed by atoms with van der Waals surface area (Å²) in [4.78, 5) is 4.20. The summed E-state index contributed by atoms with van der Waals surface area (Å²) in [6.07, 6.45) is 1.64. The molecular weight excluding hydrogens is 204 g/mol. The van der Waals surface area contributed by atoms with E-state index in [4.69, 9.17) is 15.7 Å². The Morgan fingerprint density at radius 2 is 2.38 bits per heavy atom. The Morgan fingerprint density at radius 3 is 3.00 bits per heavy atom. The first kappa shape index (κ1) is 10.5. The summed E-state index contributed by atoms with van der Waals surface area (Å²) in [6, 6.07) is 5.48. The van der Waals surface area contributed by atoms with Crippen molar-refractivity contribution in [3.05, 3.63) is 29.6 Å². The summed E-state index contributed by atoms with van der Waals surface area (Å²) >= 11 is 0. The van der Waals surface area contributed by atoms with Crippen LogP contribution < -0.4 is 5.73 Å². The lowest BCUT2D eigenvalue weighted by atomic mass is 10.2. The molecule has 1 unspecified atom stereocenters. The van der Waals surface area contributed by atoms with Crippen molar-refractivity contribution in [2.45, 2.75) is 13.0 Å². The smallest absolute Gasteiger partial charge is 0.148 e. The molecule has 0 amide bonds. The van der Waals surface area contributed by atoms with Crippen LogP contribution in [0.15, 0.2) is 18.3 Å². The number of nitrogen functional groups attached to an aromatic ring is 1. The zero-order valence-electron chi connectivity index (χ0n) is 9.14. The number of imidazole rings is 1. The molecule has 0 aliphatic carbocycles. The molecule has 0 spiro atoms. The first-order valence-electron chi connectivity index (χ1n) is 4.87. The van der Waals surface area contributed by atoms with E-state index in [1.54, 1.807) is 25.4 Å². The lowest BCUT2D eigenvalue weighted by Gasteiger charge is -2.09. The van der Waals surface area contributed by atoms with Crippen molar-refractivity contribution in [3.63, 3.8) is 0 Å². The number of fused-ring (bicyclic) bond motifs is 1. The number of hydrogen-bond acceptors (Lipinski definition) is 4. The summed E-state index contributed by atoms with van der Waals surface area (Å²) in [6.45, 7) is 1.90. The van der Waals surface area contributed by atoms with Gasteiger partial charge in [0.1, 0.15) is 11.5 Å². The van der Waals surface area contributed by atoms with Gasteiger partial charge in [-0.2, -0.15) is 5.26 Å². The third kappa shape index (κ3) is 1.49. The number of nitrogens with two attached hydrogens (primary N) is 1. The number of methoxy groups -OCH3 is 1. The summed E-state index contributed by atoms with van der Waals surface area (Å²) in [5, 5.41) is 8.79. The Labute approximate surface area is 93.1 Å². The second kappa shape index (κ2) is 3.83. The molecule has 0 saturated carbocycles. The van der Waals surface area contributed by atoms with Crippen LogP contribution in [0.1, 0.15) is 24.3 Å². The molecule has 5 heteroatoms. The van der Waals surface area contributed by atoms with Gasteiger partial charge < -0.3 is 10.5 Å². The van der Waals surface area contributed by atoms with E-state index in [9.17, 15) is 0 Å². The quantitative estimate of drug-likeness (QED) is 0.825. The highest BCUT2D eigenvalue weighted by Gasteiger charge is 2.15. The predicted molar refractivity (Wildman–Crippen MR) is 59.7 cm³/mol. The monoisotopic (exact) mass is 216 g/mol. The van der Waals surface area contributed by atoms with Gasteiger partial charge in [0.2, 0.25) is 0 Å². The number of hydrogen-bond donors (Lipinski definition) is 1. The minimum absolute atomic E-state index is 0.136. The van der Waals surface area contributed by atoms with Crippen LogP contribution in [-0.2, 0) is 4.74 Å². The molecule has 2 heterocycles. The van der Waals surface area contributed by atoms with Crippen LogP contribution >= 0.6 is 0 Å². The number of pyridine rings is 1. The Morgan fingerprint density at radius 1 is 1.62 bits per heavy atom. The Bertz CT molecular complexity index is 567. The maximum absolute atomic E-state index is 8.79.